The number of rotatable bonds is 72. The number of unbranched alkanes of at least 4 members (excludes halogenated alkanes) is 38. The maximum atomic E-state index is 13.1. The lowest BCUT2D eigenvalue weighted by molar-refractivity contribution is -0.161. The third kappa shape index (κ3) is 67.6. The Kier molecular flexibility index (Phi) is 66.4. The maximum Gasteiger partial charge on any atom is 0.472 e. The molecule has 0 aromatic heterocycles. The van der Waals surface area contributed by atoms with Crippen molar-refractivity contribution in [3.63, 3.8) is 0 Å². The molecule has 0 bridgehead atoms. The van der Waals surface area contributed by atoms with Gasteiger partial charge in [0.15, 0.2) is 12.2 Å². The van der Waals surface area contributed by atoms with Crippen molar-refractivity contribution >= 4 is 39.5 Å². The van der Waals surface area contributed by atoms with Gasteiger partial charge in [0.1, 0.15) is 19.3 Å². The van der Waals surface area contributed by atoms with Gasteiger partial charge in [-0.2, -0.15) is 0 Å². The molecule has 0 aliphatic rings. The largest absolute Gasteiger partial charge is 0.472 e. The van der Waals surface area contributed by atoms with Gasteiger partial charge in [-0.05, 0) is 77.0 Å². The van der Waals surface area contributed by atoms with E-state index >= 15 is 0 Å². The monoisotopic (exact) mass is 1370 g/mol. The van der Waals surface area contributed by atoms with Crippen LogP contribution in [0.4, 0.5) is 0 Å². The average molecular weight is 1370 g/mol. The summed E-state index contributed by atoms with van der Waals surface area (Å²) in [5, 5.41) is 10.6. The van der Waals surface area contributed by atoms with E-state index in [1.54, 1.807) is 0 Å². The van der Waals surface area contributed by atoms with Crippen molar-refractivity contribution in [2.45, 2.75) is 367 Å². The van der Waals surface area contributed by atoms with Crippen molar-refractivity contribution < 1.29 is 80.2 Å². The van der Waals surface area contributed by atoms with E-state index < -0.39 is 97.5 Å². The molecule has 3 N–H and O–H groups in total. The minimum absolute atomic E-state index is 0.0906. The van der Waals surface area contributed by atoms with Crippen LogP contribution in [0.3, 0.4) is 0 Å². The highest BCUT2D eigenvalue weighted by Gasteiger charge is 2.30. The molecule has 0 fully saturated rings. The molecule has 5 unspecified atom stereocenters. The molecule has 0 spiro atoms. The van der Waals surface area contributed by atoms with Crippen LogP contribution >= 0.6 is 15.6 Å². The van der Waals surface area contributed by atoms with Crippen LogP contribution in [-0.2, 0) is 65.4 Å². The quantitative estimate of drug-likeness (QED) is 0.0169. The van der Waals surface area contributed by atoms with Gasteiger partial charge in [0.25, 0.3) is 0 Å². The minimum atomic E-state index is -4.97. The van der Waals surface area contributed by atoms with Gasteiger partial charge in [0, 0.05) is 25.7 Å². The first-order chi connectivity index (χ1) is 45.7. The third-order valence-corrected chi connectivity index (χ3v) is 18.2. The Labute approximate surface area is 572 Å². The summed E-state index contributed by atoms with van der Waals surface area (Å²) in [6.07, 6.45) is 63.9. The maximum absolute atomic E-state index is 13.1. The van der Waals surface area contributed by atoms with E-state index in [4.69, 9.17) is 37.0 Å². The van der Waals surface area contributed by atoms with Crippen molar-refractivity contribution in [2.75, 3.05) is 39.6 Å². The van der Waals surface area contributed by atoms with Gasteiger partial charge < -0.3 is 33.8 Å². The summed E-state index contributed by atoms with van der Waals surface area (Å²) in [7, 11) is -9.93. The average Bonchev–Trinajstić information content (AvgIpc) is 1.36. The van der Waals surface area contributed by atoms with Gasteiger partial charge in [-0.3, -0.25) is 37.3 Å². The minimum Gasteiger partial charge on any atom is -0.462 e. The van der Waals surface area contributed by atoms with E-state index in [1.807, 2.05) is 0 Å². The topological polar surface area (TPSA) is 237 Å². The van der Waals surface area contributed by atoms with Gasteiger partial charge in [-0.25, -0.2) is 9.13 Å². The highest BCUT2D eigenvalue weighted by Crippen LogP contribution is 2.45. The number of esters is 4. The Morgan fingerprint density at radius 1 is 0.309 bits per heavy atom. The number of hydrogen-bond acceptors (Lipinski definition) is 15. The number of aliphatic hydroxyl groups is 1. The molecule has 17 nitrogen and oxygen atoms in total. The first kappa shape index (κ1) is 91.0. The molecule has 0 amide bonds. The van der Waals surface area contributed by atoms with Crippen LogP contribution < -0.4 is 0 Å². The lowest BCUT2D eigenvalue weighted by Crippen LogP contribution is -2.30. The molecule has 550 valence electrons. The zero-order valence-electron chi connectivity index (χ0n) is 59.9. The zero-order valence-corrected chi connectivity index (χ0v) is 61.7. The lowest BCUT2D eigenvalue weighted by atomic mass is 10.0. The fourth-order valence-electron chi connectivity index (χ4n) is 10.5. The van der Waals surface area contributed by atoms with Crippen LogP contribution in [0.5, 0.6) is 0 Å². The number of carbonyl (C=O) groups excluding carboxylic acids is 4. The molecule has 94 heavy (non-hydrogen) atoms. The second kappa shape index (κ2) is 68.5. The van der Waals surface area contributed by atoms with E-state index in [-0.39, 0.29) is 25.7 Å². The van der Waals surface area contributed by atoms with Crippen molar-refractivity contribution in [3.05, 3.63) is 48.6 Å². The second-order valence-corrected chi connectivity index (χ2v) is 28.5. The number of phosphoric acid groups is 2. The van der Waals surface area contributed by atoms with Gasteiger partial charge in [-0.15, -0.1) is 0 Å². The van der Waals surface area contributed by atoms with E-state index in [9.17, 15) is 43.2 Å². The van der Waals surface area contributed by atoms with Gasteiger partial charge in [0.05, 0.1) is 26.4 Å². The fourth-order valence-corrected chi connectivity index (χ4v) is 12.1. The Bertz CT molecular complexity index is 1980. The van der Waals surface area contributed by atoms with E-state index in [0.29, 0.717) is 25.7 Å². The first-order valence-electron chi connectivity index (χ1n) is 37.9. The Morgan fingerprint density at radius 3 is 0.894 bits per heavy atom. The van der Waals surface area contributed by atoms with Crippen LogP contribution in [0.1, 0.15) is 349 Å². The number of allylic oxidation sites excluding steroid dienone is 8. The summed E-state index contributed by atoms with van der Waals surface area (Å²) >= 11 is 0. The predicted molar refractivity (Wildman–Crippen MR) is 381 cm³/mol. The standard InChI is InChI=1S/C75H138O17P2/c1-5-9-13-17-21-25-29-32-34-37-41-44-48-52-56-60-73(78)86-66-71(92-75(80)62-58-54-50-46-42-38-35-33-30-26-22-18-14-10-6-2)68-90-94(83,84)88-64-69(76)63-87-93(81,82)89-67-70(91-74(79)61-57-53-49-45-39-28-24-20-16-12-8-4)65-85-72(77)59-55-51-47-43-40-36-31-27-23-19-15-11-7-3/h9,13,20-21,24-25,32,34,69-71,76H,5-8,10-12,14-19,22-23,26-31,33,35-68H2,1-4H3,(H,81,82)(H,83,84)/b13-9-,24-20-,25-21-,34-32-. The molecule has 0 rings (SSSR count). The Hall–Kier alpha value is -2.98. The van der Waals surface area contributed by atoms with Crippen LogP contribution in [0, 0.1) is 0 Å². The molecule has 0 saturated heterocycles. The summed E-state index contributed by atoms with van der Waals surface area (Å²) in [6.45, 7) is 4.76. The number of carbonyl (C=O) groups is 4. The SMILES string of the molecule is CC/C=C\C/C=C\C/C=C\CCCCCCCC(=O)OCC(COP(=O)(O)OCC(O)COP(=O)(O)OCC(COC(=O)CCCCCCCCCCCCCCC)OC(=O)CCCCCCC/C=C\CCCC)OC(=O)CCCCCCCCCCCCCCCCC. The molecule has 0 aliphatic heterocycles. The zero-order chi connectivity index (χ0) is 69.0. The van der Waals surface area contributed by atoms with Crippen LogP contribution in [0.25, 0.3) is 0 Å². The highest BCUT2D eigenvalue weighted by molar-refractivity contribution is 7.47. The molecule has 5 atom stereocenters. The van der Waals surface area contributed by atoms with Crippen LogP contribution in [0.2, 0.25) is 0 Å². The molecule has 0 heterocycles. The van der Waals surface area contributed by atoms with Crippen molar-refractivity contribution in [2.24, 2.45) is 0 Å². The third-order valence-electron chi connectivity index (χ3n) is 16.3. The van der Waals surface area contributed by atoms with Crippen molar-refractivity contribution in [1.29, 1.82) is 0 Å². The molecule has 0 aromatic carbocycles. The molecule has 0 aliphatic carbocycles. The van der Waals surface area contributed by atoms with Crippen molar-refractivity contribution in [3.8, 4) is 0 Å². The lowest BCUT2D eigenvalue weighted by Gasteiger charge is -2.21. The molecule has 0 saturated carbocycles. The first-order valence-corrected chi connectivity index (χ1v) is 40.9. The van der Waals surface area contributed by atoms with E-state index in [1.165, 1.54) is 135 Å². The summed E-state index contributed by atoms with van der Waals surface area (Å²) in [5.74, 6) is -2.17. The Balaban J connectivity index is 5.30. The molecular formula is C75H138O17P2. The van der Waals surface area contributed by atoms with Crippen LogP contribution in [0.15, 0.2) is 48.6 Å². The second-order valence-electron chi connectivity index (χ2n) is 25.6. The van der Waals surface area contributed by atoms with Gasteiger partial charge in [0.2, 0.25) is 0 Å². The van der Waals surface area contributed by atoms with E-state index in [0.717, 1.165) is 135 Å². The van der Waals surface area contributed by atoms with Gasteiger partial charge >= 0.3 is 39.5 Å². The summed E-state index contributed by atoms with van der Waals surface area (Å²) < 4.78 is 68.4. The normalized spacial score (nSPS) is 14.2. The number of ether oxygens (including phenoxy) is 4. The predicted octanol–water partition coefficient (Wildman–Crippen LogP) is 21.3. The molecular weight excluding hydrogens is 1230 g/mol. The highest BCUT2D eigenvalue weighted by atomic mass is 31.2. The smallest absolute Gasteiger partial charge is 0.462 e. The fraction of sp³-hybridized carbons (Fsp3) is 0.840. The molecule has 19 heteroatoms. The number of phosphoric ester groups is 2. The number of hydrogen-bond donors (Lipinski definition) is 3. The summed E-state index contributed by atoms with van der Waals surface area (Å²) in [5.41, 5.74) is 0. The molecule has 0 radical (unpaired) electrons. The summed E-state index contributed by atoms with van der Waals surface area (Å²) in [4.78, 5) is 72.7. The van der Waals surface area contributed by atoms with E-state index in [2.05, 4.69) is 76.3 Å². The molecule has 0 aromatic rings. The van der Waals surface area contributed by atoms with Gasteiger partial charge in [-0.1, -0.05) is 295 Å². The van der Waals surface area contributed by atoms with Crippen LogP contribution in [-0.4, -0.2) is 96.7 Å². The van der Waals surface area contributed by atoms with Crippen molar-refractivity contribution in [1.82, 2.24) is 0 Å². The Morgan fingerprint density at radius 2 is 0.564 bits per heavy atom. The summed E-state index contributed by atoms with van der Waals surface area (Å²) in [6, 6.07) is 0. The number of aliphatic hydroxyl groups excluding tert-OH is 1.